The Labute approximate surface area is 201 Å². The fourth-order valence-corrected chi connectivity index (χ4v) is 3.19. The van der Waals surface area contributed by atoms with Gasteiger partial charge in [0.15, 0.2) is 0 Å². The molecular formula is C22H42N6O6. The largest absolute Gasteiger partial charge is 0.480 e. The molecule has 10 N–H and O–H groups in total. The number of amides is 4. The van der Waals surface area contributed by atoms with Crippen LogP contribution in [0.2, 0.25) is 0 Å². The van der Waals surface area contributed by atoms with Gasteiger partial charge in [-0.1, -0.05) is 40.5 Å². The summed E-state index contributed by atoms with van der Waals surface area (Å²) >= 11 is 0. The lowest BCUT2D eigenvalue weighted by atomic mass is 9.95. The van der Waals surface area contributed by atoms with Crippen LogP contribution in [0, 0.1) is 11.8 Å². The van der Waals surface area contributed by atoms with E-state index in [0.29, 0.717) is 25.8 Å². The van der Waals surface area contributed by atoms with E-state index in [1.165, 1.54) is 0 Å². The van der Waals surface area contributed by atoms with Crippen LogP contribution in [0.5, 0.6) is 0 Å². The normalized spacial score (nSPS) is 15.5. The standard InChI is InChI=1S/C22H42N6O6/c1-5-13(4)18(21(32)26-15(22(33)34)9-10-16(25)29)28-20(31)17(12(2)3)27-19(30)14(24)8-6-7-11-23/h12-15,17-18H,5-11,23-24H2,1-4H3,(H2,25,29)(H,26,32)(H,27,30)(H,28,31)(H,33,34). The fraction of sp³-hybridized carbons (Fsp3) is 0.773. The van der Waals surface area contributed by atoms with Crippen molar-refractivity contribution in [1.82, 2.24) is 16.0 Å². The highest BCUT2D eigenvalue weighted by molar-refractivity contribution is 5.94. The third kappa shape index (κ3) is 11.4. The molecule has 0 bridgehead atoms. The number of primary amides is 1. The Morgan fingerprint density at radius 1 is 0.853 bits per heavy atom. The van der Waals surface area contributed by atoms with Gasteiger partial charge in [0.2, 0.25) is 23.6 Å². The Kier molecular flexibility index (Phi) is 14.7. The zero-order valence-corrected chi connectivity index (χ0v) is 20.6. The summed E-state index contributed by atoms with van der Waals surface area (Å²) in [7, 11) is 0. The van der Waals surface area contributed by atoms with Crippen LogP contribution >= 0.6 is 0 Å². The van der Waals surface area contributed by atoms with Gasteiger partial charge in [0.25, 0.3) is 0 Å². The number of unbranched alkanes of at least 4 members (excludes halogenated alkanes) is 1. The van der Waals surface area contributed by atoms with E-state index in [2.05, 4.69) is 16.0 Å². The summed E-state index contributed by atoms with van der Waals surface area (Å²) in [6.45, 7) is 7.54. The number of carbonyl (C=O) groups is 5. The van der Waals surface area contributed by atoms with Gasteiger partial charge < -0.3 is 38.3 Å². The predicted octanol–water partition coefficient (Wildman–Crippen LogP) is -1.05. The number of nitrogens with one attached hydrogen (secondary N) is 3. The van der Waals surface area contributed by atoms with Crippen LogP contribution in [-0.4, -0.2) is 65.4 Å². The highest BCUT2D eigenvalue weighted by Crippen LogP contribution is 2.12. The average molecular weight is 487 g/mol. The molecule has 0 aromatic rings. The molecule has 0 heterocycles. The second kappa shape index (κ2) is 16.0. The van der Waals surface area contributed by atoms with Crippen LogP contribution in [0.15, 0.2) is 0 Å². The minimum atomic E-state index is -1.34. The van der Waals surface area contributed by atoms with E-state index in [-0.39, 0.29) is 24.7 Å². The summed E-state index contributed by atoms with van der Waals surface area (Å²) in [5.74, 6) is -4.41. The van der Waals surface area contributed by atoms with Crippen molar-refractivity contribution in [1.29, 1.82) is 0 Å². The summed E-state index contributed by atoms with van der Waals surface area (Å²) in [6.07, 6.45) is 1.96. The van der Waals surface area contributed by atoms with Gasteiger partial charge >= 0.3 is 5.97 Å². The van der Waals surface area contributed by atoms with Crippen molar-refractivity contribution >= 4 is 29.6 Å². The number of carboxylic acid groups (broad SMARTS) is 1. The van der Waals surface area contributed by atoms with Crippen molar-refractivity contribution in [3.05, 3.63) is 0 Å². The second-order valence-corrected chi connectivity index (χ2v) is 8.90. The number of nitrogens with two attached hydrogens (primary N) is 3. The van der Waals surface area contributed by atoms with Crippen LogP contribution in [0.3, 0.4) is 0 Å². The van der Waals surface area contributed by atoms with E-state index < -0.39 is 53.8 Å². The SMILES string of the molecule is CCC(C)C(NC(=O)C(NC(=O)C(N)CCCCN)C(C)C)C(=O)NC(CCC(N)=O)C(=O)O. The third-order valence-electron chi connectivity index (χ3n) is 5.64. The third-order valence-corrected chi connectivity index (χ3v) is 5.64. The molecule has 12 heteroatoms. The zero-order chi connectivity index (χ0) is 26.4. The lowest BCUT2D eigenvalue weighted by Crippen LogP contribution is -2.59. The summed E-state index contributed by atoms with van der Waals surface area (Å²) in [4.78, 5) is 60.9. The van der Waals surface area contributed by atoms with E-state index in [1.54, 1.807) is 20.8 Å². The van der Waals surface area contributed by atoms with Gasteiger partial charge in [-0.25, -0.2) is 4.79 Å². The number of hydrogen-bond acceptors (Lipinski definition) is 7. The van der Waals surface area contributed by atoms with E-state index in [0.717, 1.165) is 6.42 Å². The molecule has 4 amide bonds. The average Bonchev–Trinajstić information content (AvgIpc) is 2.76. The summed E-state index contributed by atoms with van der Waals surface area (Å²) in [5, 5.41) is 17.0. The van der Waals surface area contributed by atoms with E-state index in [4.69, 9.17) is 17.2 Å². The van der Waals surface area contributed by atoms with Gasteiger partial charge in [-0.15, -0.1) is 0 Å². The first kappa shape index (κ1) is 31.3. The molecule has 0 spiro atoms. The van der Waals surface area contributed by atoms with Gasteiger partial charge in [-0.05, 0) is 37.6 Å². The molecule has 34 heavy (non-hydrogen) atoms. The molecule has 0 saturated carbocycles. The van der Waals surface area contributed by atoms with E-state index in [9.17, 15) is 29.1 Å². The minimum Gasteiger partial charge on any atom is -0.480 e. The van der Waals surface area contributed by atoms with Crippen LogP contribution in [0.4, 0.5) is 0 Å². The van der Waals surface area contributed by atoms with Crippen LogP contribution in [0.25, 0.3) is 0 Å². The second-order valence-electron chi connectivity index (χ2n) is 8.90. The van der Waals surface area contributed by atoms with Gasteiger partial charge in [0, 0.05) is 6.42 Å². The van der Waals surface area contributed by atoms with Crippen molar-refractivity contribution in [3.63, 3.8) is 0 Å². The topological polar surface area (TPSA) is 220 Å². The summed E-state index contributed by atoms with van der Waals surface area (Å²) in [5.41, 5.74) is 16.4. The minimum absolute atomic E-state index is 0.176. The van der Waals surface area contributed by atoms with Crippen LogP contribution in [0.1, 0.15) is 66.2 Å². The highest BCUT2D eigenvalue weighted by Gasteiger charge is 2.33. The molecule has 5 unspecified atom stereocenters. The molecule has 0 fully saturated rings. The van der Waals surface area contributed by atoms with Gasteiger partial charge in [-0.2, -0.15) is 0 Å². The monoisotopic (exact) mass is 486 g/mol. The maximum atomic E-state index is 13.0. The number of carbonyl (C=O) groups excluding carboxylic acids is 4. The van der Waals surface area contributed by atoms with Crippen LogP contribution < -0.4 is 33.2 Å². The molecular weight excluding hydrogens is 444 g/mol. The molecule has 12 nitrogen and oxygen atoms in total. The van der Waals surface area contributed by atoms with Crippen LogP contribution in [-0.2, 0) is 24.0 Å². The number of carboxylic acids is 1. The molecule has 0 aliphatic rings. The Morgan fingerprint density at radius 2 is 1.41 bits per heavy atom. The smallest absolute Gasteiger partial charge is 0.326 e. The Balaban J connectivity index is 5.40. The lowest BCUT2D eigenvalue weighted by Gasteiger charge is -2.29. The maximum absolute atomic E-state index is 13.0. The molecule has 0 aliphatic heterocycles. The molecule has 0 aliphatic carbocycles. The molecule has 0 aromatic heterocycles. The Hall–Kier alpha value is -2.73. The van der Waals surface area contributed by atoms with Gasteiger partial charge in [0.1, 0.15) is 18.1 Å². The number of aliphatic carboxylic acids is 1. The highest BCUT2D eigenvalue weighted by atomic mass is 16.4. The fourth-order valence-electron chi connectivity index (χ4n) is 3.19. The first-order valence-corrected chi connectivity index (χ1v) is 11.7. The van der Waals surface area contributed by atoms with Crippen molar-refractivity contribution in [2.45, 2.75) is 90.4 Å². The molecule has 0 radical (unpaired) electrons. The summed E-state index contributed by atoms with van der Waals surface area (Å²) in [6, 6.07) is -4.13. The molecule has 0 rings (SSSR count). The van der Waals surface area contributed by atoms with Crippen molar-refractivity contribution in [3.8, 4) is 0 Å². The lowest BCUT2D eigenvalue weighted by molar-refractivity contribution is -0.143. The van der Waals surface area contributed by atoms with Gasteiger partial charge in [0.05, 0.1) is 6.04 Å². The van der Waals surface area contributed by atoms with Gasteiger partial charge in [-0.3, -0.25) is 19.2 Å². The van der Waals surface area contributed by atoms with Crippen molar-refractivity contribution in [2.24, 2.45) is 29.0 Å². The maximum Gasteiger partial charge on any atom is 0.326 e. The first-order chi connectivity index (χ1) is 15.8. The van der Waals surface area contributed by atoms with E-state index in [1.807, 2.05) is 6.92 Å². The summed E-state index contributed by atoms with van der Waals surface area (Å²) < 4.78 is 0. The molecule has 5 atom stereocenters. The number of hydrogen-bond donors (Lipinski definition) is 7. The van der Waals surface area contributed by atoms with E-state index >= 15 is 0 Å². The number of rotatable bonds is 17. The Bertz CT molecular complexity index is 701. The molecule has 0 aromatic carbocycles. The predicted molar refractivity (Wildman–Crippen MR) is 127 cm³/mol. The Morgan fingerprint density at radius 3 is 1.88 bits per heavy atom. The molecule has 0 saturated heterocycles. The van der Waals surface area contributed by atoms with Crippen molar-refractivity contribution in [2.75, 3.05) is 6.54 Å². The zero-order valence-electron chi connectivity index (χ0n) is 20.6. The molecule has 196 valence electrons. The quantitative estimate of drug-likeness (QED) is 0.125. The first-order valence-electron chi connectivity index (χ1n) is 11.7. The van der Waals surface area contributed by atoms with Crippen molar-refractivity contribution < 1.29 is 29.1 Å².